The zero-order valence-electron chi connectivity index (χ0n) is 11.8. The fourth-order valence-corrected chi connectivity index (χ4v) is 1.88. The molecule has 5 nitrogen and oxygen atoms in total. The van der Waals surface area contributed by atoms with Crippen molar-refractivity contribution in [2.24, 2.45) is 0 Å². The van der Waals surface area contributed by atoms with Gasteiger partial charge >= 0.3 is 11.9 Å². The van der Waals surface area contributed by atoms with E-state index in [1.807, 2.05) is 18.2 Å². The summed E-state index contributed by atoms with van der Waals surface area (Å²) in [4.78, 5) is 28.9. The molecule has 0 atom stereocenters. The number of carbonyl (C=O) groups excluding carboxylic acids is 2. The van der Waals surface area contributed by atoms with Gasteiger partial charge in [0.1, 0.15) is 0 Å². The lowest BCUT2D eigenvalue weighted by Gasteiger charge is -2.11. The highest BCUT2D eigenvalue weighted by atomic mass is 16.7. The number of anilines is 1. The molecule has 0 radical (unpaired) electrons. The molecule has 0 aromatic heterocycles. The highest BCUT2D eigenvalue weighted by Crippen LogP contribution is 2.17. The summed E-state index contributed by atoms with van der Waals surface area (Å²) in [5.74, 6) is -1.22. The van der Waals surface area contributed by atoms with E-state index >= 15 is 0 Å². The Morgan fingerprint density at radius 3 is 2.33 bits per heavy atom. The van der Waals surface area contributed by atoms with Crippen LogP contribution in [0.1, 0.15) is 26.3 Å². The van der Waals surface area contributed by atoms with E-state index < -0.39 is 11.9 Å². The first-order valence-corrected chi connectivity index (χ1v) is 6.33. The highest BCUT2D eigenvalue weighted by Gasteiger charge is 2.21. The predicted molar refractivity (Wildman–Crippen MR) is 78.0 cm³/mol. The number of methoxy groups -OCH3 is 1. The summed E-state index contributed by atoms with van der Waals surface area (Å²) < 4.78 is 4.70. The summed E-state index contributed by atoms with van der Waals surface area (Å²) in [5.41, 5.74) is 4.20. The number of esters is 1. The lowest BCUT2D eigenvalue weighted by Crippen LogP contribution is -2.17. The van der Waals surface area contributed by atoms with Crippen molar-refractivity contribution >= 4 is 17.6 Å². The Bertz CT molecular complexity index is 653. The molecule has 2 aromatic rings. The standard InChI is InChI=1S/C16H15NO4/c1-11-7-6-10-13(14(11)16(19)20-2)15(18)21-17-12-8-4-3-5-9-12/h3-10,17H,1-2H3. The monoisotopic (exact) mass is 285 g/mol. The van der Waals surface area contributed by atoms with Gasteiger partial charge in [-0.1, -0.05) is 30.3 Å². The number of para-hydroxylation sites is 1. The molecule has 21 heavy (non-hydrogen) atoms. The van der Waals surface area contributed by atoms with E-state index in [0.717, 1.165) is 0 Å². The molecule has 0 unspecified atom stereocenters. The molecule has 5 heteroatoms. The molecule has 0 fully saturated rings. The number of carbonyl (C=O) groups is 2. The van der Waals surface area contributed by atoms with E-state index in [1.165, 1.54) is 13.2 Å². The van der Waals surface area contributed by atoms with Crippen LogP contribution < -0.4 is 5.48 Å². The average molecular weight is 285 g/mol. The normalized spacial score (nSPS) is 9.81. The number of benzene rings is 2. The fraction of sp³-hybridized carbons (Fsp3) is 0.125. The van der Waals surface area contributed by atoms with Gasteiger partial charge in [-0.3, -0.25) is 0 Å². The van der Waals surface area contributed by atoms with Gasteiger partial charge in [-0.15, -0.1) is 0 Å². The zero-order valence-corrected chi connectivity index (χ0v) is 11.8. The minimum absolute atomic E-state index is 0.158. The van der Waals surface area contributed by atoms with Gasteiger partial charge in [-0.2, -0.15) is 0 Å². The summed E-state index contributed by atoms with van der Waals surface area (Å²) in [7, 11) is 1.27. The summed E-state index contributed by atoms with van der Waals surface area (Å²) in [6.07, 6.45) is 0. The molecular formula is C16H15NO4. The van der Waals surface area contributed by atoms with Crippen molar-refractivity contribution in [1.29, 1.82) is 0 Å². The topological polar surface area (TPSA) is 64.6 Å². The highest BCUT2D eigenvalue weighted by molar-refractivity contribution is 6.04. The van der Waals surface area contributed by atoms with Crippen LogP contribution in [0.5, 0.6) is 0 Å². The fourth-order valence-electron chi connectivity index (χ4n) is 1.88. The van der Waals surface area contributed by atoms with Crippen LogP contribution in [0, 0.1) is 6.92 Å². The van der Waals surface area contributed by atoms with Gasteiger partial charge in [-0.25, -0.2) is 15.1 Å². The van der Waals surface area contributed by atoms with Crippen LogP contribution in [0.15, 0.2) is 48.5 Å². The van der Waals surface area contributed by atoms with E-state index in [4.69, 9.17) is 9.57 Å². The third kappa shape index (κ3) is 3.39. The zero-order chi connectivity index (χ0) is 15.2. The van der Waals surface area contributed by atoms with E-state index in [1.54, 1.807) is 31.2 Å². The Morgan fingerprint density at radius 1 is 0.952 bits per heavy atom. The number of rotatable bonds is 4. The lowest BCUT2D eigenvalue weighted by molar-refractivity contribution is 0.0552. The molecule has 0 spiro atoms. The Morgan fingerprint density at radius 2 is 1.67 bits per heavy atom. The minimum Gasteiger partial charge on any atom is -0.465 e. The van der Waals surface area contributed by atoms with Crippen LogP contribution >= 0.6 is 0 Å². The van der Waals surface area contributed by atoms with Crippen LogP contribution in [-0.4, -0.2) is 19.0 Å². The average Bonchev–Trinajstić information content (AvgIpc) is 2.52. The SMILES string of the molecule is COC(=O)c1c(C)cccc1C(=O)ONc1ccccc1. The number of hydrogen-bond acceptors (Lipinski definition) is 5. The molecule has 108 valence electrons. The van der Waals surface area contributed by atoms with Gasteiger partial charge in [0.15, 0.2) is 0 Å². The third-order valence-corrected chi connectivity index (χ3v) is 2.92. The Hall–Kier alpha value is -2.82. The van der Waals surface area contributed by atoms with Crippen molar-refractivity contribution in [3.63, 3.8) is 0 Å². The first-order valence-electron chi connectivity index (χ1n) is 6.33. The second kappa shape index (κ2) is 6.56. The number of hydrogen-bond donors (Lipinski definition) is 1. The van der Waals surface area contributed by atoms with Gasteiger partial charge in [0.25, 0.3) is 0 Å². The smallest absolute Gasteiger partial charge is 0.363 e. The molecule has 0 aliphatic heterocycles. The summed E-state index contributed by atoms with van der Waals surface area (Å²) in [6.45, 7) is 1.73. The van der Waals surface area contributed by atoms with Crippen LogP contribution in [0.4, 0.5) is 5.69 Å². The maximum Gasteiger partial charge on any atom is 0.363 e. The molecule has 2 rings (SSSR count). The molecule has 0 saturated carbocycles. The van der Waals surface area contributed by atoms with Crippen LogP contribution in [0.2, 0.25) is 0 Å². The van der Waals surface area contributed by atoms with Crippen molar-refractivity contribution in [1.82, 2.24) is 0 Å². The van der Waals surface area contributed by atoms with Crippen LogP contribution in [0.3, 0.4) is 0 Å². The van der Waals surface area contributed by atoms with Gasteiger partial charge < -0.3 is 9.57 Å². The maximum absolute atomic E-state index is 12.1. The van der Waals surface area contributed by atoms with Crippen LogP contribution in [-0.2, 0) is 9.57 Å². The Labute approximate surface area is 122 Å². The largest absolute Gasteiger partial charge is 0.465 e. The summed E-state index contributed by atoms with van der Waals surface area (Å²) >= 11 is 0. The molecule has 0 aliphatic carbocycles. The van der Waals surface area contributed by atoms with E-state index in [-0.39, 0.29) is 11.1 Å². The maximum atomic E-state index is 12.1. The number of nitrogens with one attached hydrogen (secondary N) is 1. The van der Waals surface area contributed by atoms with Crippen molar-refractivity contribution in [2.45, 2.75) is 6.92 Å². The molecule has 0 heterocycles. The predicted octanol–water partition coefficient (Wildman–Crippen LogP) is 2.97. The number of ether oxygens (including phenoxy) is 1. The third-order valence-electron chi connectivity index (χ3n) is 2.92. The van der Waals surface area contributed by atoms with Gasteiger partial charge in [-0.05, 0) is 30.7 Å². The van der Waals surface area contributed by atoms with Crippen LogP contribution in [0.25, 0.3) is 0 Å². The second-order valence-corrected chi connectivity index (χ2v) is 4.35. The molecule has 1 N–H and O–H groups in total. The van der Waals surface area contributed by atoms with Crippen molar-refractivity contribution in [3.05, 3.63) is 65.2 Å². The van der Waals surface area contributed by atoms with Gasteiger partial charge in [0, 0.05) is 0 Å². The first kappa shape index (κ1) is 14.6. The Balaban J connectivity index is 2.19. The first-order chi connectivity index (χ1) is 10.1. The Kier molecular flexibility index (Phi) is 4.56. The second-order valence-electron chi connectivity index (χ2n) is 4.35. The van der Waals surface area contributed by atoms with E-state index in [0.29, 0.717) is 11.3 Å². The van der Waals surface area contributed by atoms with E-state index in [2.05, 4.69) is 5.48 Å². The molecule has 0 saturated heterocycles. The van der Waals surface area contributed by atoms with Crippen molar-refractivity contribution in [2.75, 3.05) is 12.6 Å². The summed E-state index contributed by atoms with van der Waals surface area (Å²) in [6, 6.07) is 13.9. The summed E-state index contributed by atoms with van der Waals surface area (Å²) in [5, 5.41) is 0. The van der Waals surface area contributed by atoms with Gasteiger partial charge in [0.05, 0.1) is 23.9 Å². The molecular weight excluding hydrogens is 270 g/mol. The molecule has 0 bridgehead atoms. The molecule has 0 amide bonds. The number of aryl methyl sites for hydroxylation is 1. The lowest BCUT2D eigenvalue weighted by atomic mass is 10.0. The van der Waals surface area contributed by atoms with Crippen molar-refractivity contribution < 1.29 is 19.2 Å². The van der Waals surface area contributed by atoms with Gasteiger partial charge in [0.2, 0.25) is 0 Å². The minimum atomic E-state index is -0.650. The molecule has 0 aliphatic rings. The molecule has 2 aromatic carbocycles. The van der Waals surface area contributed by atoms with Crippen molar-refractivity contribution in [3.8, 4) is 0 Å². The van der Waals surface area contributed by atoms with E-state index in [9.17, 15) is 9.59 Å². The quantitative estimate of drug-likeness (QED) is 0.691.